The van der Waals surface area contributed by atoms with E-state index >= 15 is 0 Å². The highest BCUT2D eigenvalue weighted by Gasteiger charge is 2.23. The lowest BCUT2D eigenvalue weighted by molar-refractivity contribution is -0.123. The van der Waals surface area contributed by atoms with Crippen LogP contribution in [-0.4, -0.2) is 45.8 Å². The quantitative estimate of drug-likeness (QED) is 0.366. The summed E-state index contributed by atoms with van der Waals surface area (Å²) in [5.41, 5.74) is 3.20. The van der Waals surface area contributed by atoms with Crippen molar-refractivity contribution in [1.29, 1.82) is 0 Å². The largest absolute Gasteiger partial charge is 0.484 e. The number of hydrogen-bond acceptors (Lipinski definition) is 5. The number of ether oxygens (including phenoxy) is 1. The summed E-state index contributed by atoms with van der Waals surface area (Å²) in [6.45, 7) is 3.04. The number of nitrogens with zero attached hydrogens (tertiary/aromatic N) is 2. The van der Waals surface area contributed by atoms with Crippen LogP contribution >= 0.6 is 12.2 Å². The van der Waals surface area contributed by atoms with Crippen LogP contribution < -0.4 is 15.4 Å². The second kappa shape index (κ2) is 11.1. The van der Waals surface area contributed by atoms with Crippen molar-refractivity contribution in [3.63, 3.8) is 0 Å². The standard InChI is InChI=1S/C25H29N5O3S/c1-17-2-6-19(7-3-17)24-28-29-25(34)30(24)15-13-22(31)26-14-12-18-4-10-21(11-5-18)33-16-23(32)27-20-8-9-20/h2-7,10-11,20H,8-9,12-16H2,1H3,(H,26,31)(H,27,32)(H,29,34). The molecule has 1 aromatic heterocycles. The monoisotopic (exact) mass is 479 g/mol. The Hall–Kier alpha value is -3.46. The predicted molar refractivity (Wildman–Crippen MR) is 132 cm³/mol. The fraction of sp³-hybridized carbons (Fsp3) is 0.360. The molecule has 2 amide bonds. The van der Waals surface area contributed by atoms with E-state index in [1.54, 1.807) is 0 Å². The number of amides is 2. The van der Waals surface area contributed by atoms with E-state index in [0.29, 0.717) is 42.5 Å². The third-order valence-electron chi connectivity index (χ3n) is 5.60. The number of carbonyl (C=O) groups excluding carboxylic acids is 2. The maximum Gasteiger partial charge on any atom is 0.258 e. The number of carbonyl (C=O) groups is 2. The molecule has 1 fully saturated rings. The van der Waals surface area contributed by atoms with Crippen LogP contribution in [0.5, 0.6) is 5.75 Å². The van der Waals surface area contributed by atoms with Gasteiger partial charge in [-0.05, 0) is 56.1 Å². The van der Waals surface area contributed by atoms with Crippen molar-refractivity contribution in [1.82, 2.24) is 25.4 Å². The number of benzene rings is 2. The van der Waals surface area contributed by atoms with Gasteiger partial charge >= 0.3 is 0 Å². The summed E-state index contributed by atoms with van der Waals surface area (Å²) in [6, 6.07) is 15.9. The summed E-state index contributed by atoms with van der Waals surface area (Å²) in [5, 5.41) is 13.0. The van der Waals surface area contributed by atoms with Crippen LogP contribution in [0.3, 0.4) is 0 Å². The number of nitrogens with one attached hydrogen (secondary N) is 3. The number of aromatic nitrogens is 3. The molecule has 1 aliphatic carbocycles. The zero-order chi connectivity index (χ0) is 23.9. The van der Waals surface area contributed by atoms with Gasteiger partial charge in [0.25, 0.3) is 5.91 Å². The van der Waals surface area contributed by atoms with Gasteiger partial charge in [-0.1, -0.05) is 42.0 Å². The first-order chi connectivity index (χ1) is 16.5. The summed E-state index contributed by atoms with van der Waals surface area (Å²) in [4.78, 5) is 24.1. The van der Waals surface area contributed by atoms with E-state index in [2.05, 4.69) is 20.8 Å². The Bertz CT molecular complexity index is 1180. The van der Waals surface area contributed by atoms with Gasteiger partial charge in [-0.3, -0.25) is 19.3 Å². The Morgan fingerprint density at radius 2 is 1.85 bits per heavy atom. The van der Waals surface area contributed by atoms with Crippen molar-refractivity contribution in [2.24, 2.45) is 0 Å². The van der Waals surface area contributed by atoms with Crippen LogP contribution in [0.1, 0.15) is 30.4 Å². The highest BCUT2D eigenvalue weighted by atomic mass is 32.1. The van der Waals surface area contributed by atoms with Crippen molar-refractivity contribution < 1.29 is 14.3 Å². The van der Waals surface area contributed by atoms with Gasteiger partial charge in [-0.25, -0.2) is 0 Å². The molecule has 34 heavy (non-hydrogen) atoms. The van der Waals surface area contributed by atoms with E-state index < -0.39 is 0 Å². The van der Waals surface area contributed by atoms with Crippen molar-refractivity contribution in [2.45, 2.75) is 45.2 Å². The summed E-state index contributed by atoms with van der Waals surface area (Å²) in [7, 11) is 0. The summed E-state index contributed by atoms with van der Waals surface area (Å²) in [5.74, 6) is 1.25. The number of H-pyrrole nitrogens is 1. The van der Waals surface area contributed by atoms with Gasteiger partial charge in [-0.15, -0.1) is 0 Å². The fourth-order valence-corrected chi connectivity index (χ4v) is 3.72. The van der Waals surface area contributed by atoms with Crippen molar-refractivity contribution in [3.05, 3.63) is 64.4 Å². The van der Waals surface area contributed by atoms with Gasteiger partial charge in [0.1, 0.15) is 5.75 Å². The van der Waals surface area contributed by atoms with Crippen LogP contribution in [0.15, 0.2) is 48.5 Å². The molecule has 178 valence electrons. The Morgan fingerprint density at radius 3 is 2.56 bits per heavy atom. The van der Waals surface area contributed by atoms with Crippen LogP contribution in [0.25, 0.3) is 11.4 Å². The normalized spacial score (nSPS) is 12.9. The summed E-state index contributed by atoms with van der Waals surface area (Å²) < 4.78 is 7.86. The lowest BCUT2D eigenvalue weighted by Crippen LogP contribution is -2.30. The molecule has 1 aliphatic rings. The van der Waals surface area contributed by atoms with Crippen molar-refractivity contribution in [2.75, 3.05) is 13.2 Å². The first kappa shape index (κ1) is 23.7. The number of aromatic amines is 1. The van der Waals surface area contributed by atoms with E-state index in [1.807, 2.05) is 60.0 Å². The topological polar surface area (TPSA) is 101 Å². The molecular formula is C25H29N5O3S. The molecule has 3 N–H and O–H groups in total. The molecule has 0 bridgehead atoms. The molecule has 2 aromatic carbocycles. The molecule has 0 radical (unpaired) electrons. The molecule has 0 atom stereocenters. The predicted octanol–water partition coefficient (Wildman–Crippen LogP) is 3.32. The van der Waals surface area contributed by atoms with Gasteiger partial charge in [0, 0.05) is 31.1 Å². The van der Waals surface area contributed by atoms with Crippen molar-refractivity contribution in [3.8, 4) is 17.1 Å². The first-order valence-electron chi connectivity index (χ1n) is 11.5. The van der Waals surface area contributed by atoms with Crippen LogP contribution in [-0.2, 0) is 22.6 Å². The van der Waals surface area contributed by atoms with Crippen molar-refractivity contribution >= 4 is 24.0 Å². The molecule has 4 rings (SSSR count). The molecule has 3 aromatic rings. The van der Waals surface area contributed by atoms with Gasteiger partial charge in [0.05, 0.1) is 0 Å². The number of hydrogen-bond donors (Lipinski definition) is 3. The SMILES string of the molecule is Cc1ccc(-c2n[nH]c(=S)n2CCC(=O)NCCc2ccc(OCC(=O)NC3CC3)cc2)cc1. The second-order valence-corrected chi connectivity index (χ2v) is 8.88. The Labute approximate surface area is 203 Å². The van der Waals surface area contributed by atoms with Gasteiger partial charge in [0.2, 0.25) is 5.91 Å². The second-order valence-electron chi connectivity index (χ2n) is 8.49. The highest BCUT2D eigenvalue weighted by Crippen LogP contribution is 2.19. The Balaban J connectivity index is 1.19. The molecule has 0 unspecified atom stereocenters. The van der Waals surface area contributed by atoms with Gasteiger partial charge < -0.3 is 15.4 Å². The van der Waals surface area contributed by atoms with E-state index in [9.17, 15) is 9.59 Å². The summed E-state index contributed by atoms with van der Waals surface area (Å²) in [6.07, 6.45) is 3.13. The molecule has 1 heterocycles. The zero-order valence-corrected chi connectivity index (χ0v) is 20.0. The highest BCUT2D eigenvalue weighted by molar-refractivity contribution is 7.71. The first-order valence-corrected chi connectivity index (χ1v) is 11.9. The Morgan fingerprint density at radius 1 is 1.12 bits per heavy atom. The average Bonchev–Trinajstić information content (AvgIpc) is 3.57. The molecule has 0 aliphatic heterocycles. The molecule has 8 nitrogen and oxygen atoms in total. The van der Waals surface area contributed by atoms with Gasteiger partial charge in [0.15, 0.2) is 17.2 Å². The number of rotatable bonds is 11. The lowest BCUT2D eigenvalue weighted by atomic mass is 10.1. The fourth-order valence-electron chi connectivity index (χ4n) is 3.49. The zero-order valence-electron chi connectivity index (χ0n) is 19.2. The van der Waals surface area contributed by atoms with Crippen LogP contribution in [0.2, 0.25) is 0 Å². The smallest absolute Gasteiger partial charge is 0.258 e. The van der Waals surface area contributed by atoms with Gasteiger partial charge in [-0.2, -0.15) is 5.10 Å². The molecule has 9 heteroatoms. The van der Waals surface area contributed by atoms with E-state index in [0.717, 1.165) is 29.8 Å². The molecular weight excluding hydrogens is 450 g/mol. The molecule has 1 saturated carbocycles. The minimum absolute atomic E-state index is 0.0260. The lowest BCUT2D eigenvalue weighted by Gasteiger charge is -2.09. The van der Waals surface area contributed by atoms with Crippen LogP contribution in [0, 0.1) is 11.7 Å². The maximum absolute atomic E-state index is 12.4. The number of aryl methyl sites for hydroxylation is 1. The maximum atomic E-state index is 12.4. The third-order valence-corrected chi connectivity index (χ3v) is 5.91. The van der Waals surface area contributed by atoms with Crippen LogP contribution in [0.4, 0.5) is 0 Å². The van der Waals surface area contributed by atoms with E-state index in [1.165, 1.54) is 5.56 Å². The summed E-state index contributed by atoms with van der Waals surface area (Å²) >= 11 is 5.35. The van der Waals surface area contributed by atoms with E-state index in [-0.39, 0.29) is 18.4 Å². The molecule has 0 spiro atoms. The average molecular weight is 480 g/mol. The van der Waals surface area contributed by atoms with E-state index in [4.69, 9.17) is 17.0 Å². The minimum Gasteiger partial charge on any atom is -0.484 e. The Kier molecular flexibility index (Phi) is 7.74. The minimum atomic E-state index is -0.0861. The molecule has 0 saturated heterocycles. The third kappa shape index (κ3) is 6.77.